The molecule has 184 valence electrons. The molecular formula is C27H28N6O3. The van der Waals surface area contributed by atoms with Crippen LogP contribution in [0, 0.1) is 0 Å². The minimum absolute atomic E-state index is 0.0285. The number of nitrogens with zero attached hydrogens (tertiary/aromatic N) is 5. The first kappa shape index (κ1) is 23.5. The van der Waals surface area contributed by atoms with Gasteiger partial charge in [-0.25, -0.2) is 0 Å². The highest BCUT2D eigenvalue weighted by atomic mass is 16.2. The van der Waals surface area contributed by atoms with Crippen LogP contribution in [0.1, 0.15) is 15.9 Å². The van der Waals surface area contributed by atoms with Crippen LogP contribution < -0.4 is 5.32 Å². The van der Waals surface area contributed by atoms with Crippen molar-refractivity contribution >= 4 is 28.6 Å². The van der Waals surface area contributed by atoms with Crippen LogP contribution in [0.5, 0.6) is 0 Å². The normalized spacial score (nSPS) is 15.8. The lowest BCUT2D eigenvalue weighted by Gasteiger charge is -2.32. The van der Waals surface area contributed by atoms with Crippen molar-refractivity contribution in [3.8, 4) is 11.1 Å². The number of benzene rings is 2. The van der Waals surface area contributed by atoms with Gasteiger partial charge in [0.15, 0.2) is 0 Å². The summed E-state index contributed by atoms with van der Waals surface area (Å²) < 4.78 is 1.76. The number of carbonyl (C=O) groups excluding carboxylic acids is 3. The average molecular weight is 485 g/mol. The molecule has 1 N–H and O–H groups in total. The fraction of sp³-hybridized carbons (Fsp3) is 0.259. The van der Waals surface area contributed by atoms with Gasteiger partial charge in [-0.05, 0) is 35.9 Å². The quantitative estimate of drug-likeness (QED) is 0.561. The Labute approximate surface area is 209 Å². The van der Waals surface area contributed by atoms with Gasteiger partial charge in [0, 0.05) is 50.4 Å². The molecule has 0 bridgehead atoms. The Morgan fingerprint density at radius 3 is 2.47 bits per heavy atom. The third kappa shape index (κ3) is 4.18. The van der Waals surface area contributed by atoms with E-state index in [1.54, 1.807) is 15.6 Å². The average Bonchev–Trinajstić information content (AvgIpc) is 3.41. The van der Waals surface area contributed by atoms with Crippen molar-refractivity contribution in [3.05, 3.63) is 78.3 Å². The fourth-order valence-electron chi connectivity index (χ4n) is 4.71. The summed E-state index contributed by atoms with van der Waals surface area (Å²) in [5, 5.41) is 8.05. The summed E-state index contributed by atoms with van der Waals surface area (Å²) >= 11 is 0. The molecule has 1 aromatic heterocycles. The number of nitrogens with one attached hydrogen (secondary N) is 1. The monoisotopic (exact) mass is 484 g/mol. The van der Waals surface area contributed by atoms with Crippen LogP contribution in [0.25, 0.3) is 22.0 Å². The highest BCUT2D eigenvalue weighted by molar-refractivity contribution is 6.08. The van der Waals surface area contributed by atoms with Gasteiger partial charge in [-0.1, -0.05) is 37.4 Å². The predicted octanol–water partition coefficient (Wildman–Crippen LogP) is 2.11. The first-order valence-corrected chi connectivity index (χ1v) is 11.8. The highest BCUT2D eigenvalue weighted by Crippen LogP contribution is 2.35. The molecule has 0 aliphatic carbocycles. The van der Waals surface area contributed by atoms with E-state index in [0.29, 0.717) is 18.7 Å². The van der Waals surface area contributed by atoms with Crippen LogP contribution in [-0.2, 0) is 23.2 Å². The zero-order valence-corrected chi connectivity index (χ0v) is 20.5. The molecule has 2 aliphatic heterocycles. The first-order valence-electron chi connectivity index (χ1n) is 11.8. The van der Waals surface area contributed by atoms with Gasteiger partial charge in [-0.2, -0.15) is 5.10 Å². The Morgan fingerprint density at radius 2 is 1.72 bits per heavy atom. The van der Waals surface area contributed by atoms with Gasteiger partial charge in [0.2, 0.25) is 0 Å². The predicted molar refractivity (Wildman–Crippen MR) is 137 cm³/mol. The van der Waals surface area contributed by atoms with E-state index in [1.807, 2.05) is 50.6 Å². The number of carbonyl (C=O) groups is 3. The van der Waals surface area contributed by atoms with Gasteiger partial charge in [0.05, 0.1) is 17.8 Å². The van der Waals surface area contributed by atoms with Gasteiger partial charge < -0.3 is 15.1 Å². The number of hydrogen-bond donors (Lipinski definition) is 1. The van der Waals surface area contributed by atoms with Crippen molar-refractivity contribution in [1.29, 1.82) is 0 Å². The topological polar surface area (TPSA) is 90.8 Å². The highest BCUT2D eigenvalue weighted by Gasteiger charge is 2.34. The Hall–Kier alpha value is -4.24. The van der Waals surface area contributed by atoms with E-state index in [2.05, 4.69) is 28.5 Å². The Bertz CT molecular complexity index is 1430. The molecule has 2 aromatic carbocycles. The van der Waals surface area contributed by atoms with E-state index in [9.17, 15) is 14.4 Å². The van der Waals surface area contributed by atoms with Crippen molar-refractivity contribution < 1.29 is 14.4 Å². The molecule has 2 aliphatic rings. The standard InChI is InChI=1S/C27H28N6O3/c1-17(26(35)32-12-10-30(3)11-13-32)28-25(34)18(2)33-16-23-21(6-5-7-22(23)27(33)36)19-8-9-20-15-31(4)29-24(20)14-19/h5-9,14-15H,1-2,10-13,16H2,3-4H3,(H,28,34). The van der Waals surface area contributed by atoms with Crippen molar-refractivity contribution in [3.63, 3.8) is 0 Å². The van der Waals surface area contributed by atoms with Gasteiger partial charge in [0.1, 0.15) is 5.70 Å². The van der Waals surface area contributed by atoms with Crippen LogP contribution in [0.15, 0.2) is 67.1 Å². The summed E-state index contributed by atoms with van der Waals surface area (Å²) in [4.78, 5) is 44.0. The Kier molecular flexibility index (Phi) is 5.93. The van der Waals surface area contributed by atoms with Crippen LogP contribution >= 0.6 is 0 Å². The van der Waals surface area contributed by atoms with Crippen LogP contribution in [0.3, 0.4) is 0 Å². The van der Waals surface area contributed by atoms with Gasteiger partial charge >= 0.3 is 0 Å². The molecule has 0 radical (unpaired) electrons. The molecule has 5 rings (SSSR count). The lowest BCUT2D eigenvalue weighted by atomic mass is 9.96. The maximum atomic E-state index is 13.2. The number of amides is 3. The molecule has 3 amide bonds. The molecule has 1 saturated heterocycles. The molecule has 1 fully saturated rings. The van der Waals surface area contributed by atoms with E-state index < -0.39 is 5.91 Å². The molecule has 3 aromatic rings. The third-order valence-corrected chi connectivity index (χ3v) is 6.80. The SMILES string of the molecule is C=C(NC(=O)C(=C)N1Cc2c(cccc2-c2ccc3cn(C)nc3c2)C1=O)C(=O)N1CCN(C)CC1. The summed E-state index contributed by atoms with van der Waals surface area (Å²) in [5.74, 6) is -1.26. The van der Waals surface area contributed by atoms with Gasteiger partial charge in [0.25, 0.3) is 17.7 Å². The smallest absolute Gasteiger partial charge is 0.271 e. The number of piperazine rings is 1. The summed E-state index contributed by atoms with van der Waals surface area (Å²) in [7, 11) is 3.87. The maximum Gasteiger partial charge on any atom is 0.271 e. The first-order chi connectivity index (χ1) is 17.2. The largest absolute Gasteiger partial charge is 0.335 e. The maximum absolute atomic E-state index is 13.2. The van der Waals surface area contributed by atoms with E-state index in [4.69, 9.17) is 0 Å². The summed E-state index contributed by atoms with van der Waals surface area (Å²) in [5.41, 5.74) is 3.98. The Balaban J connectivity index is 1.32. The van der Waals surface area contributed by atoms with Gasteiger partial charge in [-0.15, -0.1) is 0 Å². The Morgan fingerprint density at radius 1 is 1.00 bits per heavy atom. The lowest BCUT2D eigenvalue weighted by molar-refractivity contribution is -0.130. The molecule has 9 nitrogen and oxygen atoms in total. The van der Waals surface area contributed by atoms with E-state index in [-0.39, 0.29) is 29.8 Å². The zero-order valence-electron chi connectivity index (χ0n) is 20.5. The second kappa shape index (κ2) is 9.09. The number of rotatable bonds is 5. The number of aromatic nitrogens is 2. The van der Waals surface area contributed by atoms with Gasteiger partial charge in [-0.3, -0.25) is 24.0 Å². The summed E-state index contributed by atoms with van der Waals surface area (Å²) in [6.07, 6.45) is 1.95. The van der Waals surface area contributed by atoms with Crippen molar-refractivity contribution in [2.75, 3.05) is 33.2 Å². The van der Waals surface area contributed by atoms with Crippen LogP contribution in [0.4, 0.5) is 0 Å². The lowest BCUT2D eigenvalue weighted by Crippen LogP contribution is -2.49. The third-order valence-electron chi connectivity index (χ3n) is 6.80. The van der Waals surface area contributed by atoms with Crippen molar-refractivity contribution in [1.82, 2.24) is 29.8 Å². The van der Waals surface area contributed by atoms with Crippen molar-refractivity contribution in [2.24, 2.45) is 7.05 Å². The molecular weight excluding hydrogens is 456 g/mol. The molecule has 0 unspecified atom stereocenters. The number of aryl methyl sites for hydroxylation is 1. The van der Waals surface area contributed by atoms with Crippen LogP contribution in [-0.4, -0.2) is 75.4 Å². The molecule has 0 saturated carbocycles. The molecule has 36 heavy (non-hydrogen) atoms. The summed E-state index contributed by atoms with van der Waals surface area (Å²) in [6.45, 7) is 10.5. The molecule has 0 atom stereocenters. The van der Waals surface area contributed by atoms with E-state index in [0.717, 1.165) is 40.7 Å². The van der Waals surface area contributed by atoms with Crippen molar-refractivity contribution in [2.45, 2.75) is 6.54 Å². The minimum atomic E-state index is -0.625. The molecule has 3 heterocycles. The van der Waals surface area contributed by atoms with E-state index >= 15 is 0 Å². The fourth-order valence-corrected chi connectivity index (χ4v) is 4.71. The zero-order chi connectivity index (χ0) is 25.6. The summed E-state index contributed by atoms with van der Waals surface area (Å²) in [6, 6.07) is 11.5. The molecule has 9 heteroatoms. The van der Waals surface area contributed by atoms with Crippen LogP contribution in [0.2, 0.25) is 0 Å². The number of hydrogen-bond acceptors (Lipinski definition) is 5. The van der Waals surface area contributed by atoms with E-state index in [1.165, 1.54) is 4.90 Å². The minimum Gasteiger partial charge on any atom is -0.335 e. The molecule has 0 spiro atoms. The second-order valence-corrected chi connectivity index (χ2v) is 9.27. The second-order valence-electron chi connectivity index (χ2n) is 9.27. The number of likely N-dealkylation sites (N-methyl/N-ethyl adjacent to an activating group) is 1. The number of fused-ring (bicyclic) bond motifs is 2.